The predicted molar refractivity (Wildman–Crippen MR) is 98.6 cm³/mol. The maximum absolute atomic E-state index is 12.4. The van der Waals surface area contributed by atoms with Gasteiger partial charge < -0.3 is 5.11 Å². The normalized spacial score (nSPS) is 20.2. The van der Waals surface area contributed by atoms with Crippen LogP contribution in [0, 0.1) is 10.1 Å². The number of hydrogen-bond donors (Lipinski definition) is 2. The first kappa shape index (κ1) is 22.2. The van der Waals surface area contributed by atoms with Crippen LogP contribution in [0.1, 0.15) is 19.3 Å². The van der Waals surface area contributed by atoms with Gasteiger partial charge in [0.1, 0.15) is 11.6 Å². The third-order valence-corrected chi connectivity index (χ3v) is 7.21. The first-order valence-electron chi connectivity index (χ1n) is 7.69. The molecule has 0 aromatic heterocycles. The topological polar surface area (TPSA) is 175 Å². The van der Waals surface area contributed by atoms with Crippen molar-refractivity contribution in [3.63, 3.8) is 0 Å². The minimum Gasteiger partial charge on any atom is -0.481 e. The second-order valence-corrected chi connectivity index (χ2v) is 9.67. The summed E-state index contributed by atoms with van der Waals surface area (Å²) in [5.41, 5.74) is -0.323. The highest BCUT2D eigenvalue weighted by Gasteiger charge is 2.49. The molecule has 2 heterocycles. The molecule has 2 rings (SSSR count). The van der Waals surface area contributed by atoms with Crippen molar-refractivity contribution in [3.8, 4) is 0 Å². The monoisotopic (exact) mass is 453 g/mol. The number of rotatable bonds is 9. The molecule has 28 heavy (non-hydrogen) atoms. The molecule has 0 aromatic rings. The molecule has 0 aliphatic carbocycles. The SMILES string of the molecule is O=C(O)CCCSSC1=CC=C([N+](=O)[O-])CN1N1C(=O)CC(S(=O)(=O)O)C1=O. The third-order valence-electron chi connectivity index (χ3n) is 3.66. The van der Waals surface area contributed by atoms with E-state index in [-0.39, 0.29) is 17.1 Å². The zero-order valence-electron chi connectivity index (χ0n) is 14.1. The standard InChI is InChI=1S/C13H15N3O9S3/c17-10-6-9(28(23,24)25)13(20)15(10)14-7-8(16(21)22)3-4-11(14)27-26-5-1-2-12(18)19/h3-4,9H,1-2,5-7H2,(H,18,19)(H,23,24,25). The third kappa shape index (κ3) is 5.24. The van der Waals surface area contributed by atoms with Crippen molar-refractivity contribution in [3.05, 3.63) is 33.0 Å². The van der Waals surface area contributed by atoms with Gasteiger partial charge in [0, 0.05) is 18.2 Å². The van der Waals surface area contributed by atoms with Crippen LogP contribution in [0.25, 0.3) is 0 Å². The minimum atomic E-state index is -4.81. The largest absolute Gasteiger partial charge is 0.481 e. The Balaban J connectivity index is 2.19. The average molecular weight is 453 g/mol. The number of carbonyl (C=O) groups excluding carboxylic acids is 2. The van der Waals surface area contributed by atoms with E-state index >= 15 is 0 Å². The van der Waals surface area contributed by atoms with E-state index in [0.717, 1.165) is 15.8 Å². The maximum Gasteiger partial charge on any atom is 0.303 e. The van der Waals surface area contributed by atoms with E-state index in [1.54, 1.807) is 0 Å². The number of hydrazine groups is 1. The van der Waals surface area contributed by atoms with Gasteiger partial charge in [0.15, 0.2) is 5.25 Å². The highest BCUT2D eigenvalue weighted by molar-refractivity contribution is 8.78. The van der Waals surface area contributed by atoms with E-state index in [1.165, 1.54) is 22.9 Å². The fraction of sp³-hybridized carbons (Fsp3) is 0.462. The quantitative estimate of drug-likeness (QED) is 0.123. The van der Waals surface area contributed by atoms with Crippen molar-refractivity contribution >= 4 is 49.5 Å². The zero-order chi connectivity index (χ0) is 21.1. The molecule has 1 fully saturated rings. The van der Waals surface area contributed by atoms with Crippen LogP contribution in [0.4, 0.5) is 0 Å². The summed E-state index contributed by atoms with van der Waals surface area (Å²) in [6.45, 7) is -0.461. The average Bonchev–Trinajstić information content (AvgIpc) is 2.89. The van der Waals surface area contributed by atoms with E-state index in [0.29, 0.717) is 17.2 Å². The van der Waals surface area contributed by atoms with Crippen LogP contribution in [-0.4, -0.2) is 68.3 Å². The number of nitro groups is 1. The molecule has 2 aliphatic heterocycles. The van der Waals surface area contributed by atoms with Gasteiger partial charge in [0.2, 0.25) is 5.91 Å². The Kier molecular flexibility index (Phi) is 7.08. The van der Waals surface area contributed by atoms with Crippen molar-refractivity contribution < 1.29 is 37.4 Å². The van der Waals surface area contributed by atoms with E-state index in [4.69, 9.17) is 9.66 Å². The van der Waals surface area contributed by atoms with E-state index in [9.17, 15) is 32.9 Å². The first-order chi connectivity index (χ1) is 13.0. The molecule has 12 nitrogen and oxygen atoms in total. The molecule has 0 saturated carbocycles. The smallest absolute Gasteiger partial charge is 0.303 e. The highest BCUT2D eigenvalue weighted by Crippen LogP contribution is 2.38. The minimum absolute atomic E-state index is 0.0408. The summed E-state index contributed by atoms with van der Waals surface area (Å²) in [5.74, 6) is -2.64. The van der Waals surface area contributed by atoms with Gasteiger partial charge in [-0.25, -0.2) is 0 Å². The van der Waals surface area contributed by atoms with Gasteiger partial charge >= 0.3 is 5.97 Å². The van der Waals surface area contributed by atoms with Crippen molar-refractivity contribution in [1.29, 1.82) is 0 Å². The zero-order valence-corrected chi connectivity index (χ0v) is 16.5. The Hall–Kier alpha value is -2.10. The molecule has 0 aromatic carbocycles. The number of aliphatic carboxylic acids is 1. The van der Waals surface area contributed by atoms with Gasteiger partial charge in [-0.3, -0.25) is 34.1 Å². The molecular weight excluding hydrogens is 438 g/mol. The maximum atomic E-state index is 12.4. The molecule has 1 atom stereocenters. The van der Waals surface area contributed by atoms with Crippen LogP contribution in [0.2, 0.25) is 0 Å². The summed E-state index contributed by atoms with van der Waals surface area (Å²) in [6.07, 6.45) is 2.05. The van der Waals surface area contributed by atoms with Gasteiger partial charge in [0.05, 0.1) is 11.3 Å². The summed E-state index contributed by atoms with van der Waals surface area (Å²) in [5, 5.41) is 19.5. The Morgan fingerprint density at radius 3 is 2.57 bits per heavy atom. The molecule has 2 N–H and O–H groups in total. The fourth-order valence-electron chi connectivity index (χ4n) is 2.36. The highest BCUT2D eigenvalue weighted by atomic mass is 33.1. The van der Waals surface area contributed by atoms with Gasteiger partial charge in [-0.1, -0.05) is 10.8 Å². The fourth-order valence-corrected chi connectivity index (χ4v) is 5.28. The van der Waals surface area contributed by atoms with Crippen LogP contribution in [0.3, 0.4) is 0 Å². The molecule has 0 spiro atoms. The molecule has 2 amide bonds. The number of carboxylic acids is 1. The van der Waals surface area contributed by atoms with Crippen LogP contribution >= 0.6 is 21.6 Å². The number of amides is 2. The molecule has 0 bridgehead atoms. The summed E-state index contributed by atoms with van der Waals surface area (Å²) < 4.78 is 31.8. The van der Waals surface area contributed by atoms with Crippen molar-refractivity contribution in [2.45, 2.75) is 24.5 Å². The van der Waals surface area contributed by atoms with Gasteiger partial charge in [-0.05, 0) is 23.3 Å². The lowest BCUT2D eigenvalue weighted by molar-refractivity contribution is -0.429. The van der Waals surface area contributed by atoms with E-state index < -0.39 is 51.0 Å². The van der Waals surface area contributed by atoms with Crippen LogP contribution in [0.5, 0.6) is 0 Å². The Bertz CT molecular complexity index is 868. The summed E-state index contributed by atoms with van der Waals surface area (Å²) in [7, 11) is -2.54. The summed E-state index contributed by atoms with van der Waals surface area (Å²) >= 11 is 0. The summed E-state index contributed by atoms with van der Waals surface area (Å²) in [4.78, 5) is 45.4. The molecule has 154 valence electrons. The van der Waals surface area contributed by atoms with Gasteiger partial charge in [0.25, 0.3) is 21.7 Å². The summed E-state index contributed by atoms with van der Waals surface area (Å²) in [6, 6.07) is 0. The number of hydrogen-bond acceptors (Lipinski definition) is 10. The number of carboxylic acid groups (broad SMARTS) is 1. The Morgan fingerprint density at radius 2 is 2.04 bits per heavy atom. The Labute approximate surface area is 166 Å². The Morgan fingerprint density at radius 1 is 1.36 bits per heavy atom. The van der Waals surface area contributed by atoms with E-state index in [2.05, 4.69) is 0 Å². The number of nitrogens with zero attached hydrogens (tertiary/aromatic N) is 3. The molecular formula is C13H15N3O9S3. The molecule has 15 heteroatoms. The predicted octanol–water partition coefficient (Wildman–Crippen LogP) is 0.481. The second-order valence-electron chi connectivity index (χ2n) is 5.63. The molecule has 1 saturated heterocycles. The van der Waals surface area contributed by atoms with Crippen molar-refractivity contribution in [2.24, 2.45) is 0 Å². The number of allylic oxidation sites excluding steroid dienone is 2. The number of imide groups is 1. The first-order valence-corrected chi connectivity index (χ1v) is 11.5. The lowest BCUT2D eigenvalue weighted by atomic mass is 10.3. The second kappa shape index (κ2) is 8.93. The molecule has 1 unspecified atom stereocenters. The van der Waals surface area contributed by atoms with E-state index in [1.807, 2.05) is 0 Å². The van der Waals surface area contributed by atoms with Crippen molar-refractivity contribution in [2.75, 3.05) is 12.3 Å². The lowest BCUT2D eigenvalue weighted by Crippen LogP contribution is -2.48. The van der Waals surface area contributed by atoms with Gasteiger partial charge in [-0.2, -0.15) is 13.4 Å². The molecule has 2 aliphatic rings. The van der Waals surface area contributed by atoms with Crippen molar-refractivity contribution in [1.82, 2.24) is 10.0 Å². The number of carbonyl (C=O) groups is 3. The van der Waals surface area contributed by atoms with Crippen LogP contribution in [0.15, 0.2) is 22.9 Å². The van der Waals surface area contributed by atoms with Crippen LogP contribution in [-0.2, 0) is 24.5 Å². The van der Waals surface area contributed by atoms with Gasteiger partial charge in [-0.15, -0.1) is 0 Å². The molecule has 0 radical (unpaired) electrons. The van der Waals surface area contributed by atoms with Crippen LogP contribution < -0.4 is 0 Å². The lowest BCUT2D eigenvalue weighted by Gasteiger charge is -2.33.